The monoisotopic (exact) mass is 187 g/mol. The maximum Gasteiger partial charge on any atom is 0.0746 e. The van der Waals surface area contributed by atoms with Crippen molar-refractivity contribution in [3.05, 3.63) is 0 Å². The highest BCUT2D eigenvalue weighted by atomic mass is 16.3. The molecule has 1 heterocycles. The highest BCUT2D eigenvalue weighted by Crippen LogP contribution is 2.20. The highest BCUT2D eigenvalue weighted by molar-refractivity contribution is 4.83. The fourth-order valence-electron chi connectivity index (χ4n) is 1.91. The Morgan fingerprint density at radius 2 is 2.23 bits per heavy atom. The van der Waals surface area contributed by atoms with Crippen LogP contribution >= 0.6 is 0 Å². The van der Waals surface area contributed by atoms with Gasteiger partial charge in [0.25, 0.3) is 0 Å². The van der Waals surface area contributed by atoms with E-state index in [2.05, 4.69) is 4.90 Å². The van der Waals surface area contributed by atoms with E-state index in [4.69, 9.17) is 0 Å². The van der Waals surface area contributed by atoms with E-state index in [9.17, 15) is 10.2 Å². The van der Waals surface area contributed by atoms with E-state index in [1.54, 1.807) is 0 Å². The molecule has 2 atom stereocenters. The lowest BCUT2D eigenvalue weighted by atomic mass is 9.95. The van der Waals surface area contributed by atoms with E-state index in [1.165, 1.54) is 0 Å². The molecule has 0 aromatic carbocycles. The largest absolute Gasteiger partial charge is 0.392 e. The number of likely N-dealkylation sites (tertiary alicyclic amines) is 1. The molecular formula is C10H21NO2. The zero-order chi connectivity index (χ0) is 9.90. The molecule has 0 aromatic rings. The summed E-state index contributed by atoms with van der Waals surface area (Å²) in [5, 5.41) is 19.3. The van der Waals surface area contributed by atoms with E-state index < -0.39 is 5.60 Å². The van der Waals surface area contributed by atoms with Gasteiger partial charge in [-0.1, -0.05) is 6.92 Å². The molecule has 0 radical (unpaired) electrons. The third-order valence-corrected chi connectivity index (χ3v) is 2.69. The number of nitrogens with zero attached hydrogens (tertiary/aromatic N) is 1. The molecule has 13 heavy (non-hydrogen) atoms. The van der Waals surface area contributed by atoms with Crippen LogP contribution in [0.15, 0.2) is 0 Å². The zero-order valence-corrected chi connectivity index (χ0v) is 8.66. The summed E-state index contributed by atoms with van der Waals surface area (Å²) in [4.78, 5) is 2.15. The quantitative estimate of drug-likeness (QED) is 0.680. The van der Waals surface area contributed by atoms with Crippen LogP contribution in [0.1, 0.15) is 33.1 Å². The number of hydrogen-bond acceptors (Lipinski definition) is 3. The van der Waals surface area contributed by atoms with E-state index in [-0.39, 0.29) is 6.10 Å². The van der Waals surface area contributed by atoms with Crippen molar-refractivity contribution in [1.29, 1.82) is 0 Å². The van der Waals surface area contributed by atoms with Crippen LogP contribution in [-0.2, 0) is 0 Å². The zero-order valence-electron chi connectivity index (χ0n) is 8.66. The van der Waals surface area contributed by atoms with Crippen molar-refractivity contribution in [3.63, 3.8) is 0 Å². The first-order chi connectivity index (χ1) is 6.03. The third kappa shape index (κ3) is 3.63. The molecule has 3 heteroatoms. The fourth-order valence-corrected chi connectivity index (χ4v) is 1.91. The summed E-state index contributed by atoms with van der Waals surface area (Å²) in [6, 6.07) is 0. The van der Waals surface area contributed by atoms with Crippen LogP contribution < -0.4 is 0 Å². The number of β-amino-alcohol motifs (C(OH)–C–C–N with tert-alkyl or cyclic N) is 2. The molecule has 0 saturated carbocycles. The third-order valence-electron chi connectivity index (χ3n) is 2.69. The predicted octanol–water partition coefficient (Wildman–Crippen LogP) is 0.604. The number of aliphatic hydroxyl groups is 2. The summed E-state index contributed by atoms with van der Waals surface area (Å²) >= 11 is 0. The van der Waals surface area contributed by atoms with Crippen LogP contribution in [0.25, 0.3) is 0 Å². The number of rotatable bonds is 3. The molecule has 0 aliphatic carbocycles. The molecule has 1 saturated heterocycles. The second-order valence-electron chi connectivity index (χ2n) is 4.40. The second kappa shape index (κ2) is 4.40. The van der Waals surface area contributed by atoms with Gasteiger partial charge in [0.15, 0.2) is 0 Å². The molecule has 1 aliphatic heterocycles. The molecule has 1 fully saturated rings. The molecule has 1 rings (SSSR count). The van der Waals surface area contributed by atoms with Crippen molar-refractivity contribution in [3.8, 4) is 0 Å². The minimum absolute atomic E-state index is 0.242. The van der Waals surface area contributed by atoms with Gasteiger partial charge in [0, 0.05) is 13.1 Å². The normalized spacial score (nSPS) is 33.2. The van der Waals surface area contributed by atoms with Crippen LogP contribution in [0.3, 0.4) is 0 Å². The van der Waals surface area contributed by atoms with Gasteiger partial charge in [-0.05, 0) is 32.7 Å². The molecule has 0 spiro atoms. The van der Waals surface area contributed by atoms with Gasteiger partial charge in [-0.3, -0.25) is 4.90 Å². The molecule has 0 aromatic heterocycles. The molecular weight excluding hydrogens is 166 g/mol. The first-order valence-electron chi connectivity index (χ1n) is 5.16. The van der Waals surface area contributed by atoms with E-state index in [0.717, 1.165) is 25.8 Å². The minimum Gasteiger partial charge on any atom is -0.392 e. The molecule has 2 unspecified atom stereocenters. The summed E-state index contributed by atoms with van der Waals surface area (Å²) in [6.07, 6.45) is 2.46. The number of hydrogen-bond donors (Lipinski definition) is 2. The lowest BCUT2D eigenvalue weighted by Gasteiger charge is -2.37. The molecule has 2 N–H and O–H groups in total. The van der Waals surface area contributed by atoms with Gasteiger partial charge in [0.1, 0.15) is 0 Å². The Hall–Kier alpha value is -0.120. The topological polar surface area (TPSA) is 43.7 Å². The summed E-state index contributed by atoms with van der Waals surface area (Å²) in [5.74, 6) is 0. The first-order valence-corrected chi connectivity index (χ1v) is 5.16. The van der Waals surface area contributed by atoms with Crippen molar-refractivity contribution in [2.24, 2.45) is 0 Å². The van der Waals surface area contributed by atoms with Gasteiger partial charge in [0.05, 0.1) is 11.7 Å². The van der Waals surface area contributed by atoms with E-state index >= 15 is 0 Å². The first kappa shape index (κ1) is 11.0. The van der Waals surface area contributed by atoms with Crippen LogP contribution in [0.2, 0.25) is 0 Å². The Kier molecular flexibility index (Phi) is 3.71. The summed E-state index contributed by atoms with van der Waals surface area (Å²) in [6.45, 7) is 6.26. The van der Waals surface area contributed by atoms with Crippen LogP contribution in [0.4, 0.5) is 0 Å². The van der Waals surface area contributed by atoms with Gasteiger partial charge >= 0.3 is 0 Å². The Bertz CT molecular complexity index is 159. The summed E-state index contributed by atoms with van der Waals surface area (Å²) < 4.78 is 0. The Morgan fingerprint density at radius 3 is 2.77 bits per heavy atom. The number of piperidine rings is 1. The van der Waals surface area contributed by atoms with Crippen molar-refractivity contribution in [2.45, 2.75) is 44.8 Å². The lowest BCUT2D eigenvalue weighted by Crippen LogP contribution is -2.48. The maximum atomic E-state index is 9.81. The Morgan fingerprint density at radius 1 is 1.54 bits per heavy atom. The Balaban J connectivity index is 2.34. The highest BCUT2D eigenvalue weighted by Gasteiger charge is 2.28. The second-order valence-corrected chi connectivity index (χ2v) is 4.40. The van der Waals surface area contributed by atoms with Gasteiger partial charge in [-0.15, -0.1) is 0 Å². The smallest absolute Gasteiger partial charge is 0.0746 e. The SMILES string of the molecule is CCC(O)CN1CCCC(C)(O)C1. The van der Waals surface area contributed by atoms with Crippen LogP contribution in [0.5, 0.6) is 0 Å². The van der Waals surface area contributed by atoms with E-state index in [1.807, 2.05) is 13.8 Å². The van der Waals surface area contributed by atoms with Crippen molar-refractivity contribution < 1.29 is 10.2 Å². The molecule has 3 nitrogen and oxygen atoms in total. The molecule has 0 bridgehead atoms. The van der Waals surface area contributed by atoms with Crippen molar-refractivity contribution >= 4 is 0 Å². The van der Waals surface area contributed by atoms with Crippen molar-refractivity contribution in [1.82, 2.24) is 4.90 Å². The average molecular weight is 187 g/mol. The maximum absolute atomic E-state index is 9.81. The van der Waals surface area contributed by atoms with E-state index in [0.29, 0.717) is 13.1 Å². The summed E-state index contributed by atoms with van der Waals surface area (Å²) in [7, 11) is 0. The minimum atomic E-state index is -0.550. The van der Waals surface area contributed by atoms with Gasteiger partial charge < -0.3 is 10.2 Å². The number of aliphatic hydroxyl groups excluding tert-OH is 1. The average Bonchev–Trinajstić information content (AvgIpc) is 2.02. The van der Waals surface area contributed by atoms with Gasteiger partial charge in [-0.25, -0.2) is 0 Å². The van der Waals surface area contributed by atoms with Crippen molar-refractivity contribution in [2.75, 3.05) is 19.6 Å². The predicted molar refractivity (Wildman–Crippen MR) is 52.6 cm³/mol. The molecule has 0 amide bonds. The van der Waals surface area contributed by atoms with Gasteiger partial charge in [-0.2, -0.15) is 0 Å². The van der Waals surface area contributed by atoms with Crippen LogP contribution in [0, 0.1) is 0 Å². The lowest BCUT2D eigenvalue weighted by molar-refractivity contribution is -0.0280. The van der Waals surface area contributed by atoms with Crippen LogP contribution in [-0.4, -0.2) is 46.5 Å². The molecule has 78 valence electrons. The van der Waals surface area contributed by atoms with Gasteiger partial charge in [0.2, 0.25) is 0 Å². The Labute approximate surface area is 80.4 Å². The standard InChI is InChI=1S/C10H21NO2/c1-3-9(12)7-11-6-4-5-10(2,13)8-11/h9,12-13H,3-8H2,1-2H3. The summed E-state index contributed by atoms with van der Waals surface area (Å²) in [5.41, 5.74) is -0.550. The molecule has 1 aliphatic rings. The fraction of sp³-hybridized carbons (Fsp3) is 1.00.